The van der Waals surface area contributed by atoms with Gasteiger partial charge < -0.3 is 5.32 Å². The van der Waals surface area contributed by atoms with Crippen molar-refractivity contribution in [3.05, 3.63) is 29.3 Å². The second-order valence-corrected chi connectivity index (χ2v) is 3.88. The molecular formula is C12H17N. The van der Waals surface area contributed by atoms with Gasteiger partial charge in [-0.3, -0.25) is 0 Å². The molecule has 1 saturated carbocycles. The molecule has 70 valence electrons. The second-order valence-electron chi connectivity index (χ2n) is 3.88. The highest BCUT2D eigenvalue weighted by atomic mass is 15.0. The molecule has 1 nitrogen and oxygen atoms in total. The van der Waals surface area contributed by atoms with Gasteiger partial charge in [0.25, 0.3) is 0 Å². The summed E-state index contributed by atoms with van der Waals surface area (Å²) >= 11 is 0. The molecule has 1 N–H and O–H groups in total. The molecule has 0 bridgehead atoms. The van der Waals surface area contributed by atoms with E-state index < -0.39 is 0 Å². The summed E-state index contributed by atoms with van der Waals surface area (Å²) in [6.07, 6.45) is 3.81. The Morgan fingerprint density at radius 3 is 2.77 bits per heavy atom. The lowest BCUT2D eigenvalue weighted by atomic mass is 10.1. The molecule has 0 atom stereocenters. The van der Waals surface area contributed by atoms with Gasteiger partial charge in [-0.25, -0.2) is 0 Å². The highest BCUT2D eigenvalue weighted by Gasteiger charge is 2.22. The zero-order chi connectivity index (χ0) is 9.26. The van der Waals surface area contributed by atoms with Gasteiger partial charge in [-0.15, -0.1) is 0 Å². The van der Waals surface area contributed by atoms with E-state index >= 15 is 0 Å². The van der Waals surface area contributed by atoms with Crippen molar-refractivity contribution in [2.75, 3.05) is 5.32 Å². The fourth-order valence-electron chi connectivity index (χ4n) is 1.66. The number of nitrogens with one attached hydrogen (secondary N) is 1. The summed E-state index contributed by atoms with van der Waals surface area (Å²) in [6, 6.07) is 7.31. The van der Waals surface area contributed by atoms with Crippen LogP contribution >= 0.6 is 0 Å². The molecule has 0 aliphatic heterocycles. The molecule has 1 aromatic carbocycles. The van der Waals surface area contributed by atoms with Crippen molar-refractivity contribution in [2.45, 2.75) is 39.2 Å². The fraction of sp³-hybridized carbons (Fsp3) is 0.500. The second kappa shape index (κ2) is 3.41. The van der Waals surface area contributed by atoms with Gasteiger partial charge in [-0.05, 0) is 37.3 Å². The van der Waals surface area contributed by atoms with Crippen LogP contribution in [-0.4, -0.2) is 6.04 Å². The smallest absolute Gasteiger partial charge is 0.0404 e. The largest absolute Gasteiger partial charge is 0.382 e. The predicted octanol–water partition coefficient (Wildman–Crippen LogP) is 3.13. The Morgan fingerprint density at radius 2 is 2.15 bits per heavy atom. The summed E-state index contributed by atoms with van der Waals surface area (Å²) < 4.78 is 0. The quantitative estimate of drug-likeness (QED) is 0.744. The molecule has 0 aromatic heterocycles. The topological polar surface area (TPSA) is 12.0 Å². The van der Waals surface area contributed by atoms with E-state index in [2.05, 4.69) is 37.4 Å². The van der Waals surface area contributed by atoms with Crippen molar-refractivity contribution in [1.82, 2.24) is 0 Å². The Morgan fingerprint density at radius 1 is 1.38 bits per heavy atom. The normalized spacial score (nSPS) is 15.8. The highest BCUT2D eigenvalue weighted by Crippen LogP contribution is 2.29. The summed E-state index contributed by atoms with van der Waals surface area (Å²) in [6.45, 7) is 4.40. The Kier molecular flexibility index (Phi) is 2.26. The Balaban J connectivity index is 2.27. The van der Waals surface area contributed by atoms with Gasteiger partial charge in [0.1, 0.15) is 0 Å². The molecule has 0 heterocycles. The minimum Gasteiger partial charge on any atom is -0.382 e. The maximum atomic E-state index is 3.60. The third-order valence-corrected chi connectivity index (χ3v) is 2.67. The molecule has 13 heavy (non-hydrogen) atoms. The maximum absolute atomic E-state index is 3.60. The predicted molar refractivity (Wildman–Crippen MR) is 57.2 cm³/mol. The molecule has 0 radical (unpaired) electrons. The molecule has 0 unspecified atom stereocenters. The zero-order valence-electron chi connectivity index (χ0n) is 8.43. The standard InChI is InChI=1S/C12H17N/c1-3-10-6-4-5-9(2)12(10)13-11-7-8-11/h4-6,11,13H,3,7-8H2,1-2H3. The van der Waals surface area contributed by atoms with Gasteiger partial charge in [0.2, 0.25) is 0 Å². The van der Waals surface area contributed by atoms with Gasteiger partial charge in [-0.2, -0.15) is 0 Å². The minimum atomic E-state index is 0.756. The molecule has 1 aliphatic carbocycles. The van der Waals surface area contributed by atoms with Crippen molar-refractivity contribution in [2.24, 2.45) is 0 Å². The van der Waals surface area contributed by atoms with Crippen molar-refractivity contribution in [3.8, 4) is 0 Å². The average molecular weight is 175 g/mol. The van der Waals surface area contributed by atoms with Crippen molar-refractivity contribution in [3.63, 3.8) is 0 Å². The first-order valence-electron chi connectivity index (χ1n) is 5.16. The van der Waals surface area contributed by atoms with Crippen LogP contribution in [0.4, 0.5) is 5.69 Å². The molecule has 0 amide bonds. The summed E-state index contributed by atoms with van der Waals surface area (Å²) in [5.41, 5.74) is 4.21. The number of hydrogen-bond donors (Lipinski definition) is 1. The van der Waals surface area contributed by atoms with Crippen LogP contribution in [0.5, 0.6) is 0 Å². The highest BCUT2D eigenvalue weighted by molar-refractivity contribution is 5.58. The molecule has 2 rings (SSSR count). The first-order chi connectivity index (χ1) is 6.31. The van der Waals surface area contributed by atoms with E-state index in [9.17, 15) is 0 Å². The van der Waals surface area contributed by atoms with Crippen molar-refractivity contribution < 1.29 is 0 Å². The SMILES string of the molecule is CCc1cccc(C)c1NC1CC1. The number of hydrogen-bond acceptors (Lipinski definition) is 1. The lowest BCUT2D eigenvalue weighted by molar-refractivity contribution is 1.08. The van der Waals surface area contributed by atoms with Crippen LogP contribution in [0.1, 0.15) is 30.9 Å². The van der Waals surface area contributed by atoms with Crippen LogP contribution in [0.15, 0.2) is 18.2 Å². The summed E-state index contributed by atoms with van der Waals surface area (Å²) in [5.74, 6) is 0. The van der Waals surface area contributed by atoms with Crippen LogP contribution in [0.3, 0.4) is 0 Å². The number of para-hydroxylation sites is 1. The van der Waals surface area contributed by atoms with Crippen LogP contribution in [0.25, 0.3) is 0 Å². The van der Waals surface area contributed by atoms with Gasteiger partial charge >= 0.3 is 0 Å². The minimum absolute atomic E-state index is 0.756. The molecule has 1 heteroatoms. The number of anilines is 1. The summed E-state index contributed by atoms with van der Waals surface area (Å²) in [4.78, 5) is 0. The number of benzene rings is 1. The van der Waals surface area contributed by atoms with E-state index in [0.29, 0.717) is 0 Å². The van der Waals surface area contributed by atoms with Crippen LogP contribution < -0.4 is 5.32 Å². The van der Waals surface area contributed by atoms with E-state index in [-0.39, 0.29) is 0 Å². The molecule has 0 saturated heterocycles. The fourth-order valence-corrected chi connectivity index (χ4v) is 1.66. The van der Waals surface area contributed by atoms with Gasteiger partial charge in [0.05, 0.1) is 0 Å². The van der Waals surface area contributed by atoms with Crippen LogP contribution in [-0.2, 0) is 6.42 Å². The van der Waals surface area contributed by atoms with E-state index in [1.165, 1.54) is 29.7 Å². The van der Waals surface area contributed by atoms with Crippen molar-refractivity contribution >= 4 is 5.69 Å². The third kappa shape index (κ3) is 1.85. The third-order valence-electron chi connectivity index (χ3n) is 2.67. The van der Waals surface area contributed by atoms with Crippen LogP contribution in [0, 0.1) is 6.92 Å². The lowest BCUT2D eigenvalue weighted by Crippen LogP contribution is -2.05. The first-order valence-corrected chi connectivity index (χ1v) is 5.16. The zero-order valence-corrected chi connectivity index (χ0v) is 8.43. The molecular weight excluding hydrogens is 158 g/mol. The summed E-state index contributed by atoms with van der Waals surface area (Å²) in [7, 11) is 0. The summed E-state index contributed by atoms with van der Waals surface area (Å²) in [5, 5.41) is 3.60. The van der Waals surface area contributed by atoms with Gasteiger partial charge in [0, 0.05) is 11.7 Å². The van der Waals surface area contributed by atoms with E-state index in [0.717, 1.165) is 12.5 Å². The Hall–Kier alpha value is -0.980. The van der Waals surface area contributed by atoms with E-state index in [1.54, 1.807) is 0 Å². The monoisotopic (exact) mass is 175 g/mol. The van der Waals surface area contributed by atoms with Crippen molar-refractivity contribution in [1.29, 1.82) is 0 Å². The number of aryl methyl sites for hydroxylation is 2. The molecule has 1 aliphatic rings. The maximum Gasteiger partial charge on any atom is 0.0404 e. The Labute approximate surface area is 80.2 Å². The average Bonchev–Trinajstić information content (AvgIpc) is 2.92. The first kappa shape index (κ1) is 8.61. The van der Waals surface area contributed by atoms with E-state index in [4.69, 9.17) is 0 Å². The van der Waals surface area contributed by atoms with Crippen LogP contribution in [0.2, 0.25) is 0 Å². The van der Waals surface area contributed by atoms with E-state index in [1.807, 2.05) is 0 Å². The molecule has 1 fully saturated rings. The van der Waals surface area contributed by atoms with Gasteiger partial charge in [-0.1, -0.05) is 25.1 Å². The lowest BCUT2D eigenvalue weighted by Gasteiger charge is -2.12. The Bertz CT molecular complexity index is 300. The number of rotatable bonds is 3. The molecule has 0 spiro atoms. The van der Waals surface area contributed by atoms with Gasteiger partial charge in [0.15, 0.2) is 0 Å². The molecule has 1 aromatic rings.